The molecular formula is C16H20O4. The van der Waals surface area contributed by atoms with Gasteiger partial charge in [-0.05, 0) is 55.8 Å². The Labute approximate surface area is 118 Å². The molecule has 4 bridgehead atoms. The smallest absolute Gasteiger partial charge is 0.310 e. The van der Waals surface area contributed by atoms with E-state index >= 15 is 0 Å². The van der Waals surface area contributed by atoms with Crippen LogP contribution in [0.2, 0.25) is 0 Å². The fraction of sp³-hybridized carbons (Fsp3) is 0.750. The van der Waals surface area contributed by atoms with Crippen LogP contribution in [0.3, 0.4) is 0 Å². The van der Waals surface area contributed by atoms with Gasteiger partial charge in [0.15, 0.2) is 0 Å². The minimum absolute atomic E-state index is 0.0232. The van der Waals surface area contributed by atoms with E-state index in [1.165, 1.54) is 19.3 Å². The van der Waals surface area contributed by atoms with Gasteiger partial charge < -0.3 is 9.84 Å². The molecule has 3 fully saturated rings. The molecule has 0 radical (unpaired) electrons. The predicted molar refractivity (Wildman–Crippen MR) is 70.7 cm³/mol. The lowest BCUT2D eigenvalue weighted by Crippen LogP contribution is -2.37. The second-order valence-electron chi connectivity index (χ2n) is 6.99. The number of ether oxygens (including phenoxy) is 1. The van der Waals surface area contributed by atoms with Crippen molar-refractivity contribution >= 4 is 11.9 Å². The van der Waals surface area contributed by atoms with Crippen LogP contribution in [-0.2, 0) is 14.3 Å². The highest BCUT2D eigenvalue weighted by atomic mass is 16.5. The summed E-state index contributed by atoms with van der Waals surface area (Å²) in [6, 6.07) is 0. The summed E-state index contributed by atoms with van der Waals surface area (Å²) in [7, 11) is 0. The van der Waals surface area contributed by atoms with Crippen LogP contribution in [0.5, 0.6) is 0 Å². The van der Waals surface area contributed by atoms with Gasteiger partial charge in [0, 0.05) is 0 Å². The Morgan fingerprint density at radius 2 is 1.75 bits per heavy atom. The van der Waals surface area contributed by atoms with Gasteiger partial charge in [0.1, 0.15) is 6.10 Å². The van der Waals surface area contributed by atoms with Crippen molar-refractivity contribution in [2.75, 3.05) is 0 Å². The van der Waals surface area contributed by atoms with Crippen molar-refractivity contribution in [2.24, 2.45) is 35.5 Å². The molecule has 0 aromatic carbocycles. The summed E-state index contributed by atoms with van der Waals surface area (Å²) < 4.78 is 5.73. The van der Waals surface area contributed by atoms with Crippen molar-refractivity contribution in [3.63, 3.8) is 0 Å². The third-order valence-electron chi connectivity index (χ3n) is 5.96. The summed E-state index contributed by atoms with van der Waals surface area (Å²) in [5.74, 6) is -0.780. The quantitative estimate of drug-likeness (QED) is 0.634. The maximum Gasteiger partial charge on any atom is 0.310 e. The lowest BCUT2D eigenvalue weighted by Gasteiger charge is -2.27. The topological polar surface area (TPSA) is 63.6 Å². The third kappa shape index (κ3) is 1.73. The Morgan fingerprint density at radius 1 is 1.00 bits per heavy atom. The van der Waals surface area contributed by atoms with E-state index in [1.807, 2.05) is 12.2 Å². The summed E-state index contributed by atoms with van der Waals surface area (Å²) in [6.07, 6.45) is 9.45. The summed E-state index contributed by atoms with van der Waals surface area (Å²) in [4.78, 5) is 23.9. The van der Waals surface area contributed by atoms with Crippen LogP contribution < -0.4 is 0 Å². The summed E-state index contributed by atoms with van der Waals surface area (Å²) >= 11 is 0. The van der Waals surface area contributed by atoms with Gasteiger partial charge in [-0.1, -0.05) is 12.2 Å². The van der Waals surface area contributed by atoms with Crippen molar-refractivity contribution < 1.29 is 19.4 Å². The number of carboxylic acid groups (broad SMARTS) is 1. The molecule has 20 heavy (non-hydrogen) atoms. The molecule has 4 nitrogen and oxygen atoms in total. The average molecular weight is 276 g/mol. The largest absolute Gasteiger partial charge is 0.481 e. The lowest BCUT2D eigenvalue weighted by atomic mass is 9.83. The van der Waals surface area contributed by atoms with E-state index in [1.54, 1.807) is 0 Å². The van der Waals surface area contributed by atoms with Gasteiger partial charge in [0.2, 0.25) is 0 Å². The van der Waals surface area contributed by atoms with Crippen LogP contribution in [0.4, 0.5) is 0 Å². The number of aliphatic carboxylic acids is 1. The van der Waals surface area contributed by atoms with Crippen LogP contribution in [0.25, 0.3) is 0 Å². The van der Waals surface area contributed by atoms with E-state index in [0.717, 1.165) is 18.8 Å². The van der Waals surface area contributed by atoms with E-state index in [0.29, 0.717) is 5.92 Å². The van der Waals surface area contributed by atoms with E-state index in [9.17, 15) is 14.7 Å². The zero-order valence-corrected chi connectivity index (χ0v) is 11.4. The summed E-state index contributed by atoms with van der Waals surface area (Å²) in [5, 5.41) is 9.38. The molecule has 0 aromatic rings. The van der Waals surface area contributed by atoms with E-state index in [-0.39, 0.29) is 23.9 Å². The number of carbonyl (C=O) groups is 2. The molecule has 7 atom stereocenters. The number of fused-ring (bicyclic) bond motifs is 4. The Balaban J connectivity index is 1.48. The highest BCUT2D eigenvalue weighted by Crippen LogP contribution is 2.50. The van der Waals surface area contributed by atoms with Gasteiger partial charge in [-0.2, -0.15) is 0 Å². The van der Waals surface area contributed by atoms with E-state index in [4.69, 9.17) is 4.74 Å². The third-order valence-corrected chi connectivity index (χ3v) is 5.96. The zero-order chi connectivity index (χ0) is 13.9. The number of carbonyl (C=O) groups excluding carboxylic acids is 1. The molecule has 108 valence electrons. The molecular weight excluding hydrogens is 256 g/mol. The van der Waals surface area contributed by atoms with E-state index < -0.39 is 17.8 Å². The molecule has 0 aromatic heterocycles. The normalized spacial score (nSPS) is 47.9. The molecule has 0 unspecified atom stereocenters. The van der Waals surface area contributed by atoms with Crippen molar-refractivity contribution in [3.8, 4) is 0 Å². The zero-order valence-electron chi connectivity index (χ0n) is 11.4. The van der Waals surface area contributed by atoms with E-state index in [2.05, 4.69) is 0 Å². The molecule has 0 amide bonds. The maximum absolute atomic E-state index is 12.5. The maximum atomic E-state index is 12.5. The number of hydrogen-bond donors (Lipinski definition) is 1. The molecule has 4 aliphatic carbocycles. The van der Waals surface area contributed by atoms with Gasteiger partial charge in [-0.15, -0.1) is 0 Å². The molecule has 3 saturated carbocycles. The molecule has 4 heteroatoms. The molecule has 1 N–H and O–H groups in total. The highest BCUT2D eigenvalue weighted by Gasteiger charge is 2.53. The Hall–Kier alpha value is -1.32. The number of hydrogen-bond acceptors (Lipinski definition) is 3. The highest BCUT2D eigenvalue weighted by molar-refractivity contribution is 5.83. The van der Waals surface area contributed by atoms with Crippen molar-refractivity contribution in [3.05, 3.63) is 12.2 Å². The van der Waals surface area contributed by atoms with Gasteiger partial charge in [-0.3, -0.25) is 9.59 Å². The minimum Gasteiger partial charge on any atom is -0.481 e. The van der Waals surface area contributed by atoms with Crippen LogP contribution in [0, 0.1) is 35.5 Å². The van der Waals surface area contributed by atoms with Gasteiger partial charge in [-0.25, -0.2) is 0 Å². The number of allylic oxidation sites excluding steroid dienone is 2. The van der Waals surface area contributed by atoms with Crippen LogP contribution >= 0.6 is 0 Å². The average Bonchev–Trinajstić information content (AvgIpc) is 3.16. The summed E-state index contributed by atoms with van der Waals surface area (Å²) in [6.45, 7) is 0. The monoisotopic (exact) mass is 276 g/mol. The van der Waals surface area contributed by atoms with Gasteiger partial charge >= 0.3 is 11.9 Å². The lowest BCUT2D eigenvalue weighted by molar-refractivity contribution is -0.164. The standard InChI is InChI=1S/C16H20O4/c17-15(18)13-10-3-4-11(7-10)14(13)16(19)20-12-6-8-1-2-9(12)5-8/h3-4,8-14H,1-2,5-7H2,(H,17,18)/t8-,9-,10-,11-,12+,13+,14-/m0/s1. The van der Waals surface area contributed by atoms with Crippen LogP contribution in [0.1, 0.15) is 32.1 Å². The molecule has 4 rings (SSSR count). The molecule has 4 aliphatic rings. The van der Waals surface area contributed by atoms with Crippen molar-refractivity contribution in [2.45, 2.75) is 38.2 Å². The first-order valence-corrected chi connectivity index (χ1v) is 7.75. The Bertz CT molecular complexity index is 483. The number of esters is 1. The predicted octanol–water partition coefficient (Wildman–Crippen LogP) is 2.24. The SMILES string of the molecule is O=C(O[C@@H]1C[C@H]2CC[C@H]1C2)[C@@H]1[C@H](C(=O)O)[C@H]2C=C[C@H]1C2. The number of carboxylic acids is 1. The minimum atomic E-state index is -0.850. The first kappa shape index (κ1) is 12.4. The molecule has 0 spiro atoms. The molecule has 0 saturated heterocycles. The van der Waals surface area contributed by atoms with Crippen molar-refractivity contribution in [1.82, 2.24) is 0 Å². The van der Waals surface area contributed by atoms with Gasteiger partial charge in [0.25, 0.3) is 0 Å². The second-order valence-corrected chi connectivity index (χ2v) is 6.99. The second kappa shape index (κ2) is 4.34. The first-order chi connectivity index (χ1) is 9.63. The van der Waals surface area contributed by atoms with Gasteiger partial charge in [0.05, 0.1) is 11.8 Å². The first-order valence-electron chi connectivity index (χ1n) is 7.75. The Kier molecular flexibility index (Phi) is 2.69. The van der Waals surface area contributed by atoms with Crippen molar-refractivity contribution in [1.29, 1.82) is 0 Å². The Morgan fingerprint density at radius 3 is 2.35 bits per heavy atom. The number of rotatable bonds is 3. The van der Waals surface area contributed by atoms with Crippen LogP contribution in [0.15, 0.2) is 12.2 Å². The fourth-order valence-corrected chi connectivity index (χ4v) is 5.04. The molecule has 0 aliphatic heterocycles. The summed E-state index contributed by atoms with van der Waals surface area (Å²) in [5.41, 5.74) is 0. The van der Waals surface area contributed by atoms with Crippen LogP contribution in [-0.4, -0.2) is 23.1 Å². The molecule has 0 heterocycles. The fourth-order valence-electron chi connectivity index (χ4n) is 5.04.